The van der Waals surface area contributed by atoms with E-state index in [1.165, 1.54) is 135 Å². The number of nitrogens with zero attached hydrogens (tertiary/aromatic N) is 2. The second-order valence-electron chi connectivity index (χ2n) is 9.35. The van der Waals surface area contributed by atoms with Gasteiger partial charge in [-0.15, -0.1) is 0 Å². The molecule has 2 nitrogen and oxygen atoms in total. The maximum absolute atomic E-state index is 2.65. The van der Waals surface area contributed by atoms with E-state index in [4.69, 9.17) is 0 Å². The Morgan fingerprint density at radius 2 is 0.862 bits per heavy atom. The third-order valence-electron chi connectivity index (χ3n) is 6.53. The second kappa shape index (κ2) is 19.3. The van der Waals surface area contributed by atoms with Crippen LogP contribution in [0.4, 0.5) is 0 Å². The maximum Gasteiger partial charge on any atom is 0.101 e. The Morgan fingerprint density at radius 1 is 0.448 bits per heavy atom. The zero-order chi connectivity index (χ0) is 21.0. The highest BCUT2D eigenvalue weighted by Crippen LogP contribution is 2.23. The van der Waals surface area contributed by atoms with Gasteiger partial charge in [0.1, 0.15) is 6.17 Å². The van der Waals surface area contributed by atoms with Crippen molar-refractivity contribution in [3.63, 3.8) is 0 Å². The molecule has 0 bridgehead atoms. The first kappa shape index (κ1) is 26.4. The van der Waals surface area contributed by atoms with Crippen LogP contribution in [-0.4, -0.2) is 29.1 Å². The zero-order valence-electron chi connectivity index (χ0n) is 20.5. The normalized spacial score (nSPS) is 16.3. The van der Waals surface area contributed by atoms with Gasteiger partial charge < -0.3 is 9.80 Å². The summed E-state index contributed by atoms with van der Waals surface area (Å²) in [6, 6.07) is 0. The van der Waals surface area contributed by atoms with Gasteiger partial charge in [-0.05, 0) is 25.7 Å². The van der Waals surface area contributed by atoms with Crippen LogP contribution in [0.15, 0.2) is 12.4 Å². The predicted octanol–water partition coefficient (Wildman–Crippen LogP) is 8.87. The van der Waals surface area contributed by atoms with Gasteiger partial charge in [0.05, 0.1) is 0 Å². The lowest BCUT2D eigenvalue weighted by Gasteiger charge is -2.33. The van der Waals surface area contributed by atoms with Gasteiger partial charge in [0.15, 0.2) is 0 Å². The van der Waals surface area contributed by atoms with Crippen LogP contribution in [0, 0.1) is 0 Å². The molecule has 1 aliphatic rings. The molecule has 0 saturated heterocycles. The molecule has 172 valence electrons. The number of hydrogen-bond acceptors (Lipinski definition) is 2. The average Bonchev–Trinajstić information content (AvgIpc) is 3.10. The molecule has 0 amide bonds. The van der Waals surface area contributed by atoms with E-state index in [2.05, 4.69) is 43.0 Å². The molecule has 1 unspecified atom stereocenters. The summed E-state index contributed by atoms with van der Waals surface area (Å²) >= 11 is 0. The van der Waals surface area contributed by atoms with E-state index in [9.17, 15) is 0 Å². The Kier molecular flexibility index (Phi) is 17.6. The lowest BCUT2D eigenvalue weighted by Crippen LogP contribution is -2.39. The molecule has 1 atom stereocenters. The van der Waals surface area contributed by atoms with E-state index in [-0.39, 0.29) is 0 Å². The van der Waals surface area contributed by atoms with Gasteiger partial charge >= 0.3 is 0 Å². The first-order valence-electron chi connectivity index (χ1n) is 13.5. The summed E-state index contributed by atoms with van der Waals surface area (Å²) in [5.41, 5.74) is 0. The Morgan fingerprint density at radius 3 is 1.34 bits per heavy atom. The van der Waals surface area contributed by atoms with Crippen LogP contribution in [0.1, 0.15) is 143 Å². The molecule has 1 rings (SSSR count). The molecule has 2 heteroatoms. The number of rotatable bonds is 21. The van der Waals surface area contributed by atoms with Crippen molar-refractivity contribution in [3.8, 4) is 0 Å². The molecule has 0 aromatic heterocycles. The van der Waals surface area contributed by atoms with Crippen LogP contribution in [0.2, 0.25) is 0 Å². The quantitative estimate of drug-likeness (QED) is 0.176. The largest absolute Gasteiger partial charge is 0.356 e. The van der Waals surface area contributed by atoms with Gasteiger partial charge in [0.2, 0.25) is 0 Å². The molecule has 29 heavy (non-hydrogen) atoms. The molecule has 1 aliphatic heterocycles. The molecule has 0 radical (unpaired) electrons. The smallest absolute Gasteiger partial charge is 0.101 e. The summed E-state index contributed by atoms with van der Waals surface area (Å²) in [5, 5.41) is 0. The number of unbranched alkanes of at least 4 members (excludes halogenated alkanes) is 15. The van der Waals surface area contributed by atoms with Crippen LogP contribution in [-0.2, 0) is 0 Å². The first-order chi connectivity index (χ1) is 14.3. The highest BCUT2D eigenvalue weighted by molar-refractivity contribution is 4.96. The third kappa shape index (κ3) is 13.3. The summed E-state index contributed by atoms with van der Waals surface area (Å²) in [6.07, 6.45) is 32.2. The summed E-state index contributed by atoms with van der Waals surface area (Å²) in [5.74, 6) is 0. The molecular formula is C27H54N2. The van der Waals surface area contributed by atoms with Crippen molar-refractivity contribution in [2.45, 2.75) is 149 Å². The van der Waals surface area contributed by atoms with Gasteiger partial charge in [-0.1, -0.05) is 117 Å². The molecule has 0 spiro atoms. The highest BCUT2D eigenvalue weighted by atomic mass is 15.4. The first-order valence-corrected chi connectivity index (χ1v) is 13.5. The van der Waals surface area contributed by atoms with Crippen molar-refractivity contribution in [1.82, 2.24) is 9.80 Å². The average molecular weight is 407 g/mol. The van der Waals surface area contributed by atoms with Crippen molar-refractivity contribution >= 4 is 0 Å². The summed E-state index contributed by atoms with van der Waals surface area (Å²) in [4.78, 5) is 5.26. The highest BCUT2D eigenvalue weighted by Gasteiger charge is 2.24. The van der Waals surface area contributed by atoms with Crippen molar-refractivity contribution in [3.05, 3.63) is 12.4 Å². The van der Waals surface area contributed by atoms with Crippen molar-refractivity contribution < 1.29 is 0 Å². The van der Waals surface area contributed by atoms with Crippen molar-refractivity contribution in [2.24, 2.45) is 0 Å². The fourth-order valence-electron chi connectivity index (χ4n) is 4.66. The Labute approximate surface area is 184 Å². The molecule has 0 fully saturated rings. The van der Waals surface area contributed by atoms with E-state index in [0.717, 1.165) is 0 Å². The molecular weight excluding hydrogens is 352 g/mol. The molecule has 1 heterocycles. The minimum atomic E-state index is 0.643. The second-order valence-corrected chi connectivity index (χ2v) is 9.35. The van der Waals surface area contributed by atoms with Crippen LogP contribution >= 0.6 is 0 Å². The Balaban J connectivity index is 2.13. The van der Waals surface area contributed by atoms with E-state index >= 15 is 0 Å². The monoisotopic (exact) mass is 406 g/mol. The van der Waals surface area contributed by atoms with E-state index in [0.29, 0.717) is 6.17 Å². The minimum Gasteiger partial charge on any atom is -0.356 e. The van der Waals surface area contributed by atoms with Gasteiger partial charge in [-0.25, -0.2) is 0 Å². The van der Waals surface area contributed by atoms with Crippen LogP contribution in [0.25, 0.3) is 0 Å². The van der Waals surface area contributed by atoms with Crippen LogP contribution in [0.5, 0.6) is 0 Å². The van der Waals surface area contributed by atoms with E-state index in [1.54, 1.807) is 0 Å². The molecule has 0 aromatic carbocycles. The third-order valence-corrected chi connectivity index (χ3v) is 6.53. The predicted molar refractivity (Wildman–Crippen MR) is 131 cm³/mol. The topological polar surface area (TPSA) is 6.48 Å². The standard InChI is InChI=1S/C27H54N2/c1-4-7-9-11-13-15-17-19-21-24-29-26-25-28(23-6-3)27(29)22-20-18-16-14-12-10-8-5-2/h25-27H,4-24H2,1-3H3. The van der Waals surface area contributed by atoms with Crippen molar-refractivity contribution in [1.29, 1.82) is 0 Å². The van der Waals surface area contributed by atoms with Gasteiger partial charge in [-0.2, -0.15) is 0 Å². The molecule has 0 aromatic rings. The molecule has 0 N–H and O–H groups in total. The van der Waals surface area contributed by atoms with Crippen molar-refractivity contribution in [2.75, 3.05) is 13.1 Å². The van der Waals surface area contributed by atoms with E-state index < -0.39 is 0 Å². The van der Waals surface area contributed by atoms with E-state index in [1.807, 2.05) is 0 Å². The Bertz CT molecular complexity index is 366. The summed E-state index contributed by atoms with van der Waals surface area (Å²) < 4.78 is 0. The van der Waals surface area contributed by atoms with Gasteiger partial charge in [0.25, 0.3) is 0 Å². The Hall–Kier alpha value is -0.660. The molecule has 0 aliphatic carbocycles. The van der Waals surface area contributed by atoms with Gasteiger partial charge in [-0.3, -0.25) is 0 Å². The maximum atomic E-state index is 2.65. The lowest BCUT2D eigenvalue weighted by atomic mass is 10.1. The zero-order valence-corrected chi connectivity index (χ0v) is 20.5. The fraction of sp³-hybridized carbons (Fsp3) is 0.926. The van der Waals surface area contributed by atoms with Crippen LogP contribution < -0.4 is 0 Å². The van der Waals surface area contributed by atoms with Gasteiger partial charge in [0, 0.05) is 25.5 Å². The summed E-state index contributed by atoms with van der Waals surface area (Å²) in [6.45, 7) is 9.39. The summed E-state index contributed by atoms with van der Waals surface area (Å²) in [7, 11) is 0. The lowest BCUT2D eigenvalue weighted by molar-refractivity contribution is 0.137. The fourth-order valence-corrected chi connectivity index (χ4v) is 4.66. The van der Waals surface area contributed by atoms with Crippen LogP contribution in [0.3, 0.4) is 0 Å². The SMILES string of the molecule is CCCCCCCCCCCN1C=CN(CCC)C1CCCCCCCCCC. The minimum absolute atomic E-state index is 0.643. The number of hydrogen-bond donors (Lipinski definition) is 0. The molecule has 0 saturated carbocycles.